The van der Waals surface area contributed by atoms with Gasteiger partial charge in [0, 0.05) is 5.38 Å². The van der Waals surface area contributed by atoms with Crippen molar-refractivity contribution in [1.82, 2.24) is 0 Å². The first-order valence-electron chi connectivity index (χ1n) is 7.23. The second-order valence-electron chi connectivity index (χ2n) is 5.63. The van der Waals surface area contributed by atoms with E-state index in [0.717, 1.165) is 18.8 Å². The van der Waals surface area contributed by atoms with Gasteiger partial charge in [-0.3, -0.25) is 0 Å². The molecule has 0 nitrogen and oxygen atoms in total. The molecule has 1 aliphatic carbocycles. The Morgan fingerprint density at radius 3 is 2.47 bits per heavy atom. The zero-order chi connectivity index (χ0) is 13.7. The zero-order valence-electron chi connectivity index (χ0n) is 11.2. The van der Waals surface area contributed by atoms with Crippen LogP contribution < -0.4 is 0 Å². The predicted molar refractivity (Wildman–Crippen MR) is 85.6 cm³/mol. The monoisotopic (exact) mass is 318 g/mol. The lowest BCUT2D eigenvalue weighted by Gasteiger charge is -2.22. The van der Waals surface area contributed by atoms with Gasteiger partial charge in [-0.1, -0.05) is 61.4 Å². The Morgan fingerprint density at radius 1 is 1.05 bits per heavy atom. The molecule has 106 valence electrons. The Labute approximate surface area is 131 Å². The normalized spacial score (nSPS) is 18.5. The molecule has 0 amide bonds. The van der Waals surface area contributed by atoms with Crippen molar-refractivity contribution >= 4 is 34.8 Å². The molecule has 0 radical (unpaired) electrons. The van der Waals surface area contributed by atoms with E-state index in [1.54, 1.807) is 0 Å². The van der Waals surface area contributed by atoms with Crippen LogP contribution in [-0.2, 0) is 6.42 Å². The Kier molecular flexibility index (Phi) is 6.32. The molecule has 0 aromatic heterocycles. The van der Waals surface area contributed by atoms with Crippen molar-refractivity contribution in [1.29, 1.82) is 0 Å². The van der Waals surface area contributed by atoms with Crippen LogP contribution in [-0.4, -0.2) is 5.38 Å². The molecule has 0 N–H and O–H groups in total. The SMILES string of the molecule is Clc1ccc(CC(Cl)CCC2CCCCC2)cc1Cl. The molecule has 1 aliphatic rings. The average molecular weight is 320 g/mol. The third-order valence-corrected chi connectivity index (χ3v) is 5.17. The Balaban J connectivity index is 1.76. The highest BCUT2D eigenvalue weighted by Crippen LogP contribution is 2.29. The van der Waals surface area contributed by atoms with E-state index >= 15 is 0 Å². The quantitative estimate of drug-likeness (QED) is 0.543. The van der Waals surface area contributed by atoms with Crippen LogP contribution in [0, 0.1) is 5.92 Å². The summed E-state index contributed by atoms with van der Waals surface area (Å²) in [5.41, 5.74) is 1.18. The number of hydrogen-bond donors (Lipinski definition) is 0. The zero-order valence-corrected chi connectivity index (χ0v) is 13.4. The average Bonchev–Trinajstić information content (AvgIpc) is 2.42. The van der Waals surface area contributed by atoms with Gasteiger partial charge in [0.2, 0.25) is 0 Å². The minimum absolute atomic E-state index is 0.208. The molecule has 0 aliphatic heterocycles. The lowest BCUT2D eigenvalue weighted by atomic mass is 9.85. The molecule has 0 bridgehead atoms. The molecular weight excluding hydrogens is 299 g/mol. The molecule has 1 saturated carbocycles. The summed E-state index contributed by atoms with van der Waals surface area (Å²) in [4.78, 5) is 0. The van der Waals surface area contributed by atoms with Crippen LogP contribution >= 0.6 is 34.8 Å². The molecule has 1 aromatic carbocycles. The number of rotatable bonds is 5. The van der Waals surface area contributed by atoms with Gasteiger partial charge in [0.15, 0.2) is 0 Å². The Bertz CT molecular complexity index is 397. The van der Waals surface area contributed by atoms with Crippen LogP contribution in [0.2, 0.25) is 10.0 Å². The van der Waals surface area contributed by atoms with Gasteiger partial charge in [-0.05, 0) is 42.9 Å². The fourth-order valence-electron chi connectivity index (χ4n) is 2.92. The van der Waals surface area contributed by atoms with E-state index in [0.29, 0.717) is 10.0 Å². The number of halogens is 3. The van der Waals surface area contributed by atoms with Gasteiger partial charge in [0.1, 0.15) is 0 Å². The van der Waals surface area contributed by atoms with Gasteiger partial charge >= 0.3 is 0 Å². The van der Waals surface area contributed by atoms with Crippen LogP contribution in [0.1, 0.15) is 50.5 Å². The summed E-state index contributed by atoms with van der Waals surface area (Å²) < 4.78 is 0. The first kappa shape index (κ1) is 15.5. The van der Waals surface area contributed by atoms with E-state index in [4.69, 9.17) is 34.8 Å². The number of hydrogen-bond acceptors (Lipinski definition) is 0. The van der Waals surface area contributed by atoms with Gasteiger partial charge in [-0.15, -0.1) is 11.6 Å². The van der Waals surface area contributed by atoms with Crippen LogP contribution in [0.4, 0.5) is 0 Å². The van der Waals surface area contributed by atoms with Crippen molar-refractivity contribution in [3.8, 4) is 0 Å². The first-order chi connectivity index (χ1) is 9.15. The van der Waals surface area contributed by atoms with Crippen molar-refractivity contribution in [3.05, 3.63) is 33.8 Å². The van der Waals surface area contributed by atoms with Crippen molar-refractivity contribution in [2.24, 2.45) is 5.92 Å². The van der Waals surface area contributed by atoms with Crippen molar-refractivity contribution < 1.29 is 0 Å². The molecule has 1 fully saturated rings. The molecule has 0 heterocycles. The minimum atomic E-state index is 0.208. The molecule has 19 heavy (non-hydrogen) atoms. The largest absolute Gasteiger partial charge is 0.123 e. The summed E-state index contributed by atoms with van der Waals surface area (Å²) in [5, 5.41) is 1.44. The lowest BCUT2D eigenvalue weighted by molar-refractivity contribution is 0.330. The topological polar surface area (TPSA) is 0 Å². The fourth-order valence-corrected chi connectivity index (χ4v) is 3.54. The molecule has 2 rings (SSSR count). The summed E-state index contributed by atoms with van der Waals surface area (Å²) >= 11 is 18.4. The molecular formula is C16H21Cl3. The second kappa shape index (κ2) is 7.76. The van der Waals surface area contributed by atoms with E-state index in [2.05, 4.69) is 0 Å². The summed E-state index contributed by atoms with van der Waals surface area (Å²) in [6.07, 6.45) is 10.3. The van der Waals surface area contributed by atoms with E-state index < -0.39 is 0 Å². The summed E-state index contributed by atoms with van der Waals surface area (Å²) in [6.45, 7) is 0. The van der Waals surface area contributed by atoms with Crippen LogP contribution in [0.5, 0.6) is 0 Å². The second-order valence-corrected chi connectivity index (χ2v) is 7.06. The molecule has 1 atom stereocenters. The first-order valence-corrected chi connectivity index (χ1v) is 8.42. The molecule has 0 spiro atoms. The Morgan fingerprint density at radius 2 is 1.79 bits per heavy atom. The van der Waals surface area contributed by atoms with E-state index in [1.807, 2.05) is 18.2 Å². The van der Waals surface area contributed by atoms with Gasteiger partial charge in [-0.25, -0.2) is 0 Å². The lowest BCUT2D eigenvalue weighted by Crippen LogP contribution is -2.10. The van der Waals surface area contributed by atoms with Crippen LogP contribution in [0.3, 0.4) is 0 Å². The van der Waals surface area contributed by atoms with Gasteiger partial charge in [0.25, 0.3) is 0 Å². The predicted octanol–water partition coefficient (Wildman–Crippen LogP) is 6.50. The van der Waals surface area contributed by atoms with Gasteiger partial charge in [-0.2, -0.15) is 0 Å². The maximum Gasteiger partial charge on any atom is 0.0595 e. The van der Waals surface area contributed by atoms with E-state index in [9.17, 15) is 0 Å². The van der Waals surface area contributed by atoms with Gasteiger partial charge < -0.3 is 0 Å². The highest BCUT2D eigenvalue weighted by Gasteiger charge is 2.15. The highest BCUT2D eigenvalue weighted by molar-refractivity contribution is 6.42. The summed E-state index contributed by atoms with van der Waals surface area (Å²) in [7, 11) is 0. The molecule has 1 unspecified atom stereocenters. The van der Waals surface area contributed by atoms with Crippen molar-refractivity contribution in [2.45, 2.75) is 56.7 Å². The van der Waals surface area contributed by atoms with Crippen molar-refractivity contribution in [2.75, 3.05) is 0 Å². The molecule has 1 aromatic rings. The van der Waals surface area contributed by atoms with Gasteiger partial charge in [0.05, 0.1) is 10.0 Å². The number of alkyl halides is 1. The number of benzene rings is 1. The van der Waals surface area contributed by atoms with Crippen molar-refractivity contribution in [3.63, 3.8) is 0 Å². The van der Waals surface area contributed by atoms with E-state index in [1.165, 1.54) is 44.1 Å². The summed E-state index contributed by atoms with van der Waals surface area (Å²) in [6, 6.07) is 5.80. The third kappa shape index (κ3) is 5.17. The highest BCUT2D eigenvalue weighted by atomic mass is 35.5. The molecule has 3 heteroatoms. The fraction of sp³-hybridized carbons (Fsp3) is 0.625. The Hall–Kier alpha value is 0.0900. The third-order valence-electron chi connectivity index (χ3n) is 4.05. The maximum atomic E-state index is 6.45. The minimum Gasteiger partial charge on any atom is -0.123 e. The van der Waals surface area contributed by atoms with Crippen LogP contribution in [0.25, 0.3) is 0 Å². The summed E-state index contributed by atoms with van der Waals surface area (Å²) in [5.74, 6) is 0.906. The smallest absolute Gasteiger partial charge is 0.0595 e. The maximum absolute atomic E-state index is 6.45. The van der Waals surface area contributed by atoms with Crippen LogP contribution in [0.15, 0.2) is 18.2 Å². The van der Waals surface area contributed by atoms with E-state index in [-0.39, 0.29) is 5.38 Å². The molecule has 0 saturated heterocycles. The standard InChI is InChI=1S/C16H21Cl3/c17-14(8-6-12-4-2-1-3-5-12)10-13-7-9-15(18)16(19)11-13/h7,9,11-12,14H,1-6,8,10H2.